The predicted molar refractivity (Wildman–Crippen MR) is 83.9 cm³/mol. The minimum atomic E-state index is -0.510. The lowest BCUT2D eigenvalue weighted by Crippen LogP contribution is -2.32. The molecule has 0 aromatic heterocycles. The molecule has 0 fully saturated rings. The van der Waals surface area contributed by atoms with Gasteiger partial charge in [-0.2, -0.15) is 0 Å². The summed E-state index contributed by atoms with van der Waals surface area (Å²) in [7, 11) is 0. The van der Waals surface area contributed by atoms with Gasteiger partial charge in [-0.15, -0.1) is 0 Å². The summed E-state index contributed by atoms with van der Waals surface area (Å²) in [5.41, 5.74) is 0.743. The number of carbonyl (C=O) groups is 1. The van der Waals surface area contributed by atoms with Gasteiger partial charge in [-0.25, -0.2) is 0 Å². The SMILES string of the molecule is CCC(Oc1ccccc1)C(=O)Nc1ccccc1Br. The molecule has 1 N–H and O–H groups in total. The highest BCUT2D eigenvalue weighted by Gasteiger charge is 2.19. The number of ether oxygens (including phenoxy) is 1. The molecule has 0 radical (unpaired) electrons. The molecule has 4 heteroatoms. The summed E-state index contributed by atoms with van der Waals surface area (Å²) < 4.78 is 6.56. The third-order valence-electron chi connectivity index (χ3n) is 2.82. The molecule has 0 aliphatic heterocycles. The van der Waals surface area contributed by atoms with Crippen LogP contribution in [0.3, 0.4) is 0 Å². The van der Waals surface area contributed by atoms with Crippen LogP contribution < -0.4 is 10.1 Å². The zero-order valence-corrected chi connectivity index (χ0v) is 12.8. The highest BCUT2D eigenvalue weighted by molar-refractivity contribution is 9.10. The zero-order valence-electron chi connectivity index (χ0n) is 11.2. The Bertz CT molecular complexity index is 572. The van der Waals surface area contributed by atoms with Crippen LogP contribution in [0.25, 0.3) is 0 Å². The Morgan fingerprint density at radius 2 is 1.80 bits per heavy atom. The quantitative estimate of drug-likeness (QED) is 0.888. The van der Waals surface area contributed by atoms with E-state index in [1.54, 1.807) is 0 Å². The number of hydrogen-bond acceptors (Lipinski definition) is 2. The van der Waals surface area contributed by atoms with Crippen molar-refractivity contribution in [3.05, 3.63) is 59.1 Å². The summed E-state index contributed by atoms with van der Waals surface area (Å²) in [6.45, 7) is 1.92. The maximum absolute atomic E-state index is 12.2. The Labute approximate surface area is 127 Å². The van der Waals surface area contributed by atoms with Crippen LogP contribution in [0, 0.1) is 0 Å². The summed E-state index contributed by atoms with van der Waals surface area (Å²) in [5.74, 6) is 0.546. The number of amides is 1. The Morgan fingerprint density at radius 1 is 1.15 bits per heavy atom. The molecule has 3 nitrogen and oxygen atoms in total. The molecule has 1 unspecified atom stereocenters. The third-order valence-corrected chi connectivity index (χ3v) is 3.51. The van der Waals surface area contributed by atoms with Crippen LogP contribution >= 0.6 is 15.9 Å². The van der Waals surface area contributed by atoms with Gasteiger partial charge in [-0.05, 0) is 46.6 Å². The molecule has 20 heavy (non-hydrogen) atoms. The van der Waals surface area contributed by atoms with E-state index in [4.69, 9.17) is 4.74 Å². The van der Waals surface area contributed by atoms with Gasteiger partial charge in [0.2, 0.25) is 0 Å². The minimum Gasteiger partial charge on any atom is -0.481 e. The molecule has 0 saturated carbocycles. The monoisotopic (exact) mass is 333 g/mol. The van der Waals surface area contributed by atoms with Gasteiger partial charge in [0.1, 0.15) is 5.75 Å². The second kappa shape index (κ2) is 7.10. The van der Waals surface area contributed by atoms with Gasteiger partial charge in [0, 0.05) is 4.47 Å². The van der Waals surface area contributed by atoms with E-state index in [1.165, 1.54) is 0 Å². The standard InChI is InChI=1S/C16H16BrNO2/c1-2-15(20-12-8-4-3-5-9-12)16(19)18-14-11-7-6-10-13(14)17/h3-11,15H,2H2,1H3,(H,18,19). The van der Waals surface area contributed by atoms with Crippen molar-refractivity contribution in [2.45, 2.75) is 19.4 Å². The Balaban J connectivity index is 2.04. The number of halogens is 1. The summed E-state index contributed by atoms with van der Waals surface area (Å²) in [5, 5.41) is 2.87. The van der Waals surface area contributed by atoms with Crippen molar-refractivity contribution in [1.82, 2.24) is 0 Å². The lowest BCUT2D eigenvalue weighted by molar-refractivity contribution is -0.122. The van der Waals surface area contributed by atoms with E-state index in [0.717, 1.165) is 10.2 Å². The number of rotatable bonds is 5. The van der Waals surface area contributed by atoms with Crippen LogP contribution in [0.1, 0.15) is 13.3 Å². The summed E-state index contributed by atoms with van der Waals surface area (Å²) in [6.07, 6.45) is 0.0926. The number of nitrogens with one attached hydrogen (secondary N) is 1. The molecule has 0 aliphatic carbocycles. The van der Waals surface area contributed by atoms with E-state index in [2.05, 4.69) is 21.2 Å². The van der Waals surface area contributed by atoms with Gasteiger partial charge < -0.3 is 10.1 Å². The molecular formula is C16H16BrNO2. The summed E-state index contributed by atoms with van der Waals surface area (Å²) >= 11 is 3.41. The average Bonchev–Trinajstić information content (AvgIpc) is 2.48. The van der Waals surface area contributed by atoms with Crippen LogP contribution in [0.2, 0.25) is 0 Å². The van der Waals surface area contributed by atoms with E-state index >= 15 is 0 Å². The fraction of sp³-hybridized carbons (Fsp3) is 0.188. The van der Waals surface area contributed by atoms with E-state index in [1.807, 2.05) is 61.5 Å². The molecule has 1 amide bonds. The molecular weight excluding hydrogens is 318 g/mol. The maximum atomic E-state index is 12.2. The van der Waals surface area contributed by atoms with Crippen LogP contribution in [0.15, 0.2) is 59.1 Å². The summed E-state index contributed by atoms with van der Waals surface area (Å²) in [6, 6.07) is 16.9. The molecule has 2 aromatic carbocycles. The van der Waals surface area contributed by atoms with Gasteiger partial charge in [-0.3, -0.25) is 4.79 Å². The van der Waals surface area contributed by atoms with Gasteiger partial charge in [-0.1, -0.05) is 37.3 Å². The van der Waals surface area contributed by atoms with Crippen LogP contribution in [0.5, 0.6) is 5.75 Å². The second-order valence-electron chi connectivity index (χ2n) is 4.30. The predicted octanol–water partition coefficient (Wildman–Crippen LogP) is 4.25. The molecule has 104 valence electrons. The van der Waals surface area contributed by atoms with Crippen LogP contribution in [-0.4, -0.2) is 12.0 Å². The van der Waals surface area contributed by atoms with Crippen molar-refractivity contribution in [1.29, 1.82) is 0 Å². The molecule has 0 bridgehead atoms. The molecule has 0 heterocycles. The Kier molecular flexibility index (Phi) is 5.18. The van der Waals surface area contributed by atoms with Crippen molar-refractivity contribution in [3.8, 4) is 5.75 Å². The summed E-state index contributed by atoms with van der Waals surface area (Å²) in [4.78, 5) is 12.2. The van der Waals surface area contributed by atoms with Gasteiger partial charge in [0.05, 0.1) is 5.69 Å². The topological polar surface area (TPSA) is 38.3 Å². The first-order valence-corrected chi connectivity index (χ1v) is 7.27. The van der Waals surface area contributed by atoms with Gasteiger partial charge in [0.25, 0.3) is 5.91 Å². The van der Waals surface area contributed by atoms with Crippen molar-refractivity contribution >= 4 is 27.5 Å². The molecule has 2 rings (SSSR count). The second-order valence-corrected chi connectivity index (χ2v) is 5.15. The first kappa shape index (κ1) is 14.6. The van der Waals surface area contributed by atoms with Crippen molar-refractivity contribution in [2.24, 2.45) is 0 Å². The van der Waals surface area contributed by atoms with Crippen molar-refractivity contribution < 1.29 is 9.53 Å². The first-order chi connectivity index (χ1) is 9.70. The number of benzene rings is 2. The lowest BCUT2D eigenvalue weighted by atomic mass is 10.2. The molecule has 0 spiro atoms. The Hall–Kier alpha value is -1.81. The average molecular weight is 334 g/mol. The van der Waals surface area contributed by atoms with E-state index < -0.39 is 6.10 Å². The molecule has 1 atom stereocenters. The number of carbonyl (C=O) groups excluding carboxylic acids is 1. The first-order valence-electron chi connectivity index (χ1n) is 6.47. The van der Waals surface area contributed by atoms with Crippen molar-refractivity contribution in [2.75, 3.05) is 5.32 Å². The van der Waals surface area contributed by atoms with E-state index in [9.17, 15) is 4.79 Å². The fourth-order valence-corrected chi connectivity index (χ4v) is 2.15. The number of hydrogen-bond donors (Lipinski definition) is 1. The van der Waals surface area contributed by atoms with Crippen molar-refractivity contribution in [3.63, 3.8) is 0 Å². The maximum Gasteiger partial charge on any atom is 0.265 e. The number of para-hydroxylation sites is 2. The van der Waals surface area contributed by atoms with Gasteiger partial charge >= 0.3 is 0 Å². The molecule has 0 aliphatic rings. The molecule has 2 aromatic rings. The Morgan fingerprint density at radius 3 is 2.45 bits per heavy atom. The molecule has 0 saturated heterocycles. The van der Waals surface area contributed by atoms with Crippen LogP contribution in [0.4, 0.5) is 5.69 Å². The van der Waals surface area contributed by atoms with Gasteiger partial charge in [0.15, 0.2) is 6.10 Å². The smallest absolute Gasteiger partial charge is 0.265 e. The highest BCUT2D eigenvalue weighted by atomic mass is 79.9. The zero-order chi connectivity index (χ0) is 14.4. The number of anilines is 1. The fourth-order valence-electron chi connectivity index (χ4n) is 1.76. The normalized spacial score (nSPS) is 11.7. The minimum absolute atomic E-state index is 0.150. The van der Waals surface area contributed by atoms with E-state index in [0.29, 0.717) is 12.2 Å². The lowest BCUT2D eigenvalue weighted by Gasteiger charge is -2.17. The largest absolute Gasteiger partial charge is 0.481 e. The third kappa shape index (κ3) is 3.84. The van der Waals surface area contributed by atoms with Crippen LogP contribution in [-0.2, 0) is 4.79 Å². The highest BCUT2D eigenvalue weighted by Crippen LogP contribution is 2.22. The van der Waals surface area contributed by atoms with E-state index in [-0.39, 0.29) is 5.91 Å².